The summed E-state index contributed by atoms with van der Waals surface area (Å²) in [6, 6.07) is 16.5. The number of hydrogen-bond donors (Lipinski definition) is 4. The van der Waals surface area contributed by atoms with E-state index in [1.54, 1.807) is 0 Å². The van der Waals surface area contributed by atoms with E-state index < -0.39 is 0 Å². The van der Waals surface area contributed by atoms with Crippen molar-refractivity contribution in [2.45, 2.75) is 210 Å². The van der Waals surface area contributed by atoms with E-state index in [1.165, 1.54) is 11.1 Å². The van der Waals surface area contributed by atoms with Crippen molar-refractivity contribution in [1.82, 2.24) is 0 Å². The lowest BCUT2D eigenvalue weighted by atomic mass is 9.76. The number of benzene rings is 4. The number of hydrogen-bond acceptors (Lipinski definition) is 5. The molecule has 0 aliphatic heterocycles. The Morgan fingerprint density at radius 1 is 0.410 bits per heavy atom. The summed E-state index contributed by atoms with van der Waals surface area (Å²) in [5, 5.41) is 43.0. The summed E-state index contributed by atoms with van der Waals surface area (Å²) in [6.45, 7) is 45.6. The molecular formula is C56H84O5. The molecular weight excluding hydrogens is 753 g/mol. The van der Waals surface area contributed by atoms with Gasteiger partial charge in [0.25, 0.3) is 0 Å². The van der Waals surface area contributed by atoms with Gasteiger partial charge in [-0.05, 0) is 156 Å². The predicted octanol–water partition coefficient (Wildman–Crippen LogP) is 15.2. The molecule has 0 spiro atoms. The molecule has 0 aliphatic carbocycles. The fourth-order valence-corrected chi connectivity index (χ4v) is 8.27. The highest BCUT2D eigenvalue weighted by Crippen LogP contribution is 2.44. The lowest BCUT2D eigenvalue weighted by molar-refractivity contribution is 0.106. The molecule has 0 fully saturated rings. The van der Waals surface area contributed by atoms with Gasteiger partial charge < -0.3 is 25.2 Å². The molecule has 0 aromatic heterocycles. The largest absolute Gasteiger partial charge is 0.508 e. The fraction of sp³-hybridized carbons (Fsp3) is 0.571. The molecule has 338 valence electrons. The molecule has 4 aromatic rings. The minimum Gasteiger partial charge on any atom is -0.508 e. The second-order valence-electron chi connectivity index (χ2n) is 23.9. The predicted molar refractivity (Wildman–Crippen MR) is 259 cm³/mol. The molecule has 0 saturated carbocycles. The second kappa shape index (κ2) is 18.4. The molecule has 0 amide bonds. The van der Waals surface area contributed by atoms with Crippen molar-refractivity contribution >= 4 is 0 Å². The summed E-state index contributed by atoms with van der Waals surface area (Å²) < 4.78 is 6.19. The van der Waals surface area contributed by atoms with Crippen LogP contribution in [0.3, 0.4) is 0 Å². The van der Waals surface area contributed by atoms with Crippen LogP contribution in [0.25, 0.3) is 0 Å². The third-order valence-corrected chi connectivity index (χ3v) is 11.8. The van der Waals surface area contributed by atoms with Crippen LogP contribution in [0.1, 0.15) is 217 Å². The van der Waals surface area contributed by atoms with Crippen LogP contribution in [0.5, 0.6) is 23.0 Å². The van der Waals surface area contributed by atoms with Crippen LogP contribution in [0.2, 0.25) is 0 Å². The number of aromatic hydroxyl groups is 4. The van der Waals surface area contributed by atoms with Crippen LogP contribution in [0.4, 0.5) is 0 Å². The molecule has 5 nitrogen and oxygen atoms in total. The minimum absolute atomic E-state index is 0.121. The average molecular weight is 837 g/mol. The first-order chi connectivity index (χ1) is 27.5. The highest BCUT2D eigenvalue weighted by atomic mass is 16.5. The van der Waals surface area contributed by atoms with E-state index in [0.717, 1.165) is 68.5 Å². The molecule has 0 heterocycles. The summed E-state index contributed by atoms with van der Waals surface area (Å²) in [4.78, 5) is 0. The van der Waals surface area contributed by atoms with Crippen LogP contribution in [-0.2, 0) is 50.4 Å². The molecule has 4 aromatic carbocycles. The topological polar surface area (TPSA) is 90.2 Å². The first-order valence-corrected chi connectivity index (χ1v) is 22.5. The first kappa shape index (κ1) is 51.4. The Labute approximate surface area is 372 Å². The van der Waals surface area contributed by atoms with Gasteiger partial charge in [0.15, 0.2) is 0 Å². The number of phenolic OH excluding ortho intramolecular Hbond substituents is 4. The smallest absolute Gasteiger partial charge is 0.123 e. The second-order valence-corrected chi connectivity index (χ2v) is 23.9. The molecule has 4 rings (SSSR count). The molecule has 0 unspecified atom stereocenters. The Balaban J connectivity index is 0.000000330. The normalized spacial score (nSPS) is 13.1. The van der Waals surface area contributed by atoms with E-state index in [2.05, 4.69) is 182 Å². The van der Waals surface area contributed by atoms with Crippen LogP contribution in [0, 0.1) is 13.8 Å². The van der Waals surface area contributed by atoms with Crippen molar-refractivity contribution in [3.8, 4) is 23.0 Å². The highest BCUT2D eigenvalue weighted by Gasteiger charge is 2.30. The van der Waals surface area contributed by atoms with E-state index in [9.17, 15) is 20.4 Å². The van der Waals surface area contributed by atoms with Crippen LogP contribution in [0.15, 0.2) is 48.5 Å². The van der Waals surface area contributed by atoms with Gasteiger partial charge in [-0.2, -0.15) is 0 Å². The van der Waals surface area contributed by atoms with Crippen LogP contribution >= 0.6 is 0 Å². The lowest BCUT2D eigenvalue weighted by Gasteiger charge is -2.29. The molecule has 0 aliphatic rings. The number of ether oxygens (including phenoxy) is 1. The monoisotopic (exact) mass is 837 g/mol. The van der Waals surface area contributed by atoms with E-state index >= 15 is 0 Å². The molecule has 5 heteroatoms. The fourth-order valence-electron chi connectivity index (χ4n) is 8.27. The van der Waals surface area contributed by atoms with Gasteiger partial charge in [0.1, 0.15) is 23.0 Å². The van der Waals surface area contributed by atoms with E-state index in [1.807, 2.05) is 12.1 Å². The van der Waals surface area contributed by atoms with Gasteiger partial charge in [-0.15, -0.1) is 0 Å². The van der Waals surface area contributed by atoms with Gasteiger partial charge in [-0.25, -0.2) is 0 Å². The quantitative estimate of drug-likeness (QED) is 0.142. The Morgan fingerprint density at radius 2 is 0.672 bits per heavy atom. The maximum atomic E-state index is 11.0. The standard InChI is InChI=1S/C30H46O3.C26H38O2/c1-27(2,3)21-13-19(14-22(25(21)31)28(4,5)6)17-33-18-20-15-23(29(7,8)9)26(32)24(16-20)30(10,11)12;1-10-11-18(19-14-21(25(4,5)6)23(27)12-16(19)2)20-15-22(26(7,8)9)24(28)13-17(20)3/h13-16,31-32H,17-18H2,1-12H3;12-15,18,27-28H,10-11H2,1-9H3. The molecule has 61 heavy (non-hydrogen) atoms. The Morgan fingerprint density at radius 3 is 0.902 bits per heavy atom. The summed E-state index contributed by atoms with van der Waals surface area (Å²) in [7, 11) is 0. The molecule has 0 bridgehead atoms. The molecule has 0 saturated heterocycles. The van der Waals surface area contributed by atoms with Crippen molar-refractivity contribution in [3.05, 3.63) is 115 Å². The van der Waals surface area contributed by atoms with Gasteiger partial charge in [0, 0.05) is 5.92 Å². The van der Waals surface area contributed by atoms with Gasteiger partial charge in [-0.3, -0.25) is 0 Å². The van der Waals surface area contributed by atoms with Crippen molar-refractivity contribution in [1.29, 1.82) is 0 Å². The van der Waals surface area contributed by atoms with Crippen molar-refractivity contribution < 1.29 is 25.2 Å². The maximum Gasteiger partial charge on any atom is 0.123 e. The van der Waals surface area contributed by atoms with Crippen LogP contribution < -0.4 is 0 Å². The van der Waals surface area contributed by atoms with Crippen LogP contribution in [-0.4, -0.2) is 20.4 Å². The first-order valence-electron chi connectivity index (χ1n) is 22.5. The van der Waals surface area contributed by atoms with E-state index in [4.69, 9.17) is 4.74 Å². The summed E-state index contributed by atoms with van der Waals surface area (Å²) in [6.07, 6.45) is 2.10. The van der Waals surface area contributed by atoms with Gasteiger partial charge in [-0.1, -0.05) is 150 Å². The number of phenols is 4. The minimum atomic E-state index is -0.166. The number of aryl methyl sites for hydroxylation is 2. The van der Waals surface area contributed by atoms with E-state index in [0.29, 0.717) is 36.2 Å². The van der Waals surface area contributed by atoms with Gasteiger partial charge in [0.2, 0.25) is 0 Å². The Kier molecular flexibility index (Phi) is 15.5. The molecule has 0 atom stereocenters. The zero-order valence-corrected chi connectivity index (χ0v) is 42.2. The summed E-state index contributed by atoms with van der Waals surface area (Å²) >= 11 is 0. The zero-order valence-electron chi connectivity index (χ0n) is 42.2. The van der Waals surface area contributed by atoms with Crippen molar-refractivity contribution in [2.24, 2.45) is 0 Å². The third-order valence-electron chi connectivity index (χ3n) is 11.8. The van der Waals surface area contributed by atoms with Gasteiger partial charge >= 0.3 is 0 Å². The maximum absolute atomic E-state index is 11.0. The molecule has 4 N–H and O–H groups in total. The molecule has 0 radical (unpaired) electrons. The summed E-state index contributed by atoms with van der Waals surface area (Å²) in [5.74, 6) is 1.78. The zero-order chi connectivity index (χ0) is 47.0. The van der Waals surface area contributed by atoms with Crippen molar-refractivity contribution in [3.63, 3.8) is 0 Å². The number of rotatable bonds is 8. The van der Waals surface area contributed by atoms with Gasteiger partial charge in [0.05, 0.1) is 13.2 Å². The highest BCUT2D eigenvalue weighted by molar-refractivity contribution is 5.54. The lowest BCUT2D eigenvalue weighted by Crippen LogP contribution is -2.18. The van der Waals surface area contributed by atoms with Crippen molar-refractivity contribution in [2.75, 3.05) is 0 Å². The Hall–Kier alpha value is -3.96. The SMILES string of the molecule is CC(C)(C)c1cc(COCc2cc(C(C)(C)C)c(O)c(C(C)(C)C)c2)cc(C(C)(C)C)c1O.CCCC(c1cc(C(C)(C)C)c(O)cc1C)c1cc(C(C)(C)C)c(O)cc1C. The summed E-state index contributed by atoms with van der Waals surface area (Å²) in [5.41, 5.74) is 11.8. The third kappa shape index (κ3) is 12.8. The van der Waals surface area contributed by atoms with E-state index in [-0.39, 0.29) is 38.4 Å². The Bertz CT molecular complexity index is 1920. The average Bonchev–Trinajstić information content (AvgIpc) is 3.06.